The molecule has 2 rings (SSSR count). The standard InChI is InChI=1S/C17H31N5O2/c1-14-6-4-8-21(13-14)15(2)12-18-17(23)19-16-7-10-22(20-16)9-5-11-24-3/h7,10,14-15H,4-6,8-9,11-13H2,1-3H3,(H2,18,19,20,23). The van der Waals surface area contributed by atoms with E-state index in [2.05, 4.69) is 34.5 Å². The molecular formula is C17H31N5O2. The average Bonchev–Trinajstić information content (AvgIpc) is 3.00. The Kier molecular flexibility index (Phi) is 7.52. The van der Waals surface area contributed by atoms with Crippen LogP contribution in [0.2, 0.25) is 0 Å². The second-order valence-corrected chi connectivity index (χ2v) is 6.74. The molecule has 2 atom stereocenters. The van der Waals surface area contributed by atoms with Gasteiger partial charge in [-0.3, -0.25) is 14.9 Å². The molecule has 1 saturated heterocycles. The van der Waals surface area contributed by atoms with E-state index in [1.807, 2.05) is 16.9 Å². The Morgan fingerprint density at radius 2 is 2.38 bits per heavy atom. The Bertz CT molecular complexity index is 505. The molecule has 136 valence electrons. The van der Waals surface area contributed by atoms with E-state index in [0.717, 1.165) is 32.0 Å². The summed E-state index contributed by atoms with van der Waals surface area (Å²) in [6, 6.07) is 1.96. The number of likely N-dealkylation sites (tertiary alicyclic amines) is 1. The molecule has 7 nitrogen and oxygen atoms in total. The van der Waals surface area contributed by atoms with Crippen LogP contribution in [0.3, 0.4) is 0 Å². The fourth-order valence-electron chi connectivity index (χ4n) is 3.08. The monoisotopic (exact) mass is 337 g/mol. The van der Waals surface area contributed by atoms with Crippen LogP contribution in [0, 0.1) is 5.92 Å². The molecule has 2 N–H and O–H groups in total. The van der Waals surface area contributed by atoms with Crippen molar-refractivity contribution in [2.45, 2.75) is 45.7 Å². The van der Waals surface area contributed by atoms with E-state index >= 15 is 0 Å². The van der Waals surface area contributed by atoms with Gasteiger partial charge in [0.2, 0.25) is 0 Å². The van der Waals surface area contributed by atoms with E-state index in [1.165, 1.54) is 12.8 Å². The second kappa shape index (κ2) is 9.64. The average molecular weight is 337 g/mol. The fraction of sp³-hybridized carbons (Fsp3) is 0.765. The first-order valence-corrected chi connectivity index (χ1v) is 8.89. The molecule has 2 unspecified atom stereocenters. The quantitative estimate of drug-likeness (QED) is 0.713. The number of methoxy groups -OCH3 is 1. The van der Waals surface area contributed by atoms with Crippen molar-refractivity contribution in [1.82, 2.24) is 20.0 Å². The van der Waals surface area contributed by atoms with Gasteiger partial charge < -0.3 is 10.1 Å². The van der Waals surface area contributed by atoms with E-state index in [9.17, 15) is 4.79 Å². The number of carbonyl (C=O) groups excluding carboxylic acids is 1. The fourth-order valence-corrected chi connectivity index (χ4v) is 3.08. The van der Waals surface area contributed by atoms with Crippen LogP contribution in [0.15, 0.2) is 12.3 Å². The van der Waals surface area contributed by atoms with Gasteiger partial charge in [-0.1, -0.05) is 6.92 Å². The number of ether oxygens (including phenoxy) is 1. The van der Waals surface area contributed by atoms with Crippen molar-refractivity contribution in [2.75, 3.05) is 38.7 Å². The van der Waals surface area contributed by atoms with E-state index in [0.29, 0.717) is 25.0 Å². The van der Waals surface area contributed by atoms with Crippen molar-refractivity contribution in [2.24, 2.45) is 5.92 Å². The Labute approximate surface area is 144 Å². The van der Waals surface area contributed by atoms with Crippen molar-refractivity contribution in [1.29, 1.82) is 0 Å². The van der Waals surface area contributed by atoms with Crippen LogP contribution in [0.25, 0.3) is 0 Å². The highest BCUT2D eigenvalue weighted by atomic mass is 16.5. The number of urea groups is 1. The first-order chi connectivity index (χ1) is 11.6. The van der Waals surface area contributed by atoms with Gasteiger partial charge in [-0.2, -0.15) is 5.10 Å². The molecule has 0 aromatic carbocycles. The van der Waals surface area contributed by atoms with Crippen LogP contribution in [0.1, 0.15) is 33.1 Å². The molecule has 24 heavy (non-hydrogen) atoms. The zero-order valence-corrected chi connectivity index (χ0v) is 15.1. The predicted octanol–water partition coefficient (Wildman–Crippen LogP) is 2.16. The summed E-state index contributed by atoms with van der Waals surface area (Å²) in [6.07, 6.45) is 5.32. The van der Waals surface area contributed by atoms with Gasteiger partial charge >= 0.3 is 6.03 Å². The summed E-state index contributed by atoms with van der Waals surface area (Å²) >= 11 is 0. The van der Waals surface area contributed by atoms with E-state index < -0.39 is 0 Å². The van der Waals surface area contributed by atoms with Crippen LogP contribution in [0.4, 0.5) is 10.6 Å². The van der Waals surface area contributed by atoms with Crippen LogP contribution in [-0.2, 0) is 11.3 Å². The number of nitrogens with zero attached hydrogens (tertiary/aromatic N) is 3. The van der Waals surface area contributed by atoms with Gasteiger partial charge in [-0.15, -0.1) is 0 Å². The summed E-state index contributed by atoms with van der Waals surface area (Å²) in [5, 5.41) is 10.1. The van der Waals surface area contributed by atoms with Gasteiger partial charge in [0.1, 0.15) is 0 Å². The molecule has 0 spiro atoms. The zero-order chi connectivity index (χ0) is 17.4. The molecule has 0 radical (unpaired) electrons. The van der Waals surface area contributed by atoms with Gasteiger partial charge in [-0.25, -0.2) is 4.79 Å². The Balaban J connectivity index is 1.69. The maximum Gasteiger partial charge on any atom is 0.320 e. The first-order valence-electron chi connectivity index (χ1n) is 8.89. The number of amides is 2. The Hall–Kier alpha value is -1.60. The number of hydrogen-bond acceptors (Lipinski definition) is 4. The summed E-state index contributed by atoms with van der Waals surface area (Å²) in [5.41, 5.74) is 0. The lowest BCUT2D eigenvalue weighted by atomic mass is 9.99. The lowest BCUT2D eigenvalue weighted by Crippen LogP contribution is -2.47. The molecule has 7 heteroatoms. The number of rotatable bonds is 8. The predicted molar refractivity (Wildman–Crippen MR) is 95.2 cm³/mol. The van der Waals surface area contributed by atoms with E-state index in [1.54, 1.807) is 7.11 Å². The summed E-state index contributed by atoms with van der Waals surface area (Å²) in [7, 11) is 1.69. The third-order valence-electron chi connectivity index (χ3n) is 4.49. The Morgan fingerprint density at radius 3 is 3.12 bits per heavy atom. The molecule has 2 heterocycles. The van der Waals surface area contributed by atoms with Gasteiger partial charge in [-0.05, 0) is 38.6 Å². The first kappa shape index (κ1) is 18.7. The summed E-state index contributed by atoms with van der Waals surface area (Å²) in [4.78, 5) is 14.5. The van der Waals surface area contributed by atoms with Gasteiger partial charge in [0.05, 0.1) is 0 Å². The second-order valence-electron chi connectivity index (χ2n) is 6.74. The largest absolute Gasteiger partial charge is 0.385 e. The smallest absolute Gasteiger partial charge is 0.320 e. The zero-order valence-electron chi connectivity index (χ0n) is 15.1. The lowest BCUT2D eigenvalue weighted by molar-refractivity contribution is 0.138. The molecule has 0 saturated carbocycles. The maximum absolute atomic E-state index is 12.0. The molecule has 0 aliphatic carbocycles. The highest BCUT2D eigenvalue weighted by molar-refractivity contribution is 5.88. The van der Waals surface area contributed by atoms with Crippen LogP contribution < -0.4 is 10.6 Å². The van der Waals surface area contributed by atoms with Crippen molar-refractivity contribution >= 4 is 11.8 Å². The molecule has 0 bridgehead atoms. The minimum absolute atomic E-state index is 0.200. The third-order valence-corrected chi connectivity index (χ3v) is 4.49. The SMILES string of the molecule is COCCCn1ccc(NC(=O)NCC(C)N2CCCC(C)C2)n1. The Morgan fingerprint density at radius 1 is 1.54 bits per heavy atom. The number of carbonyl (C=O) groups is 1. The van der Waals surface area contributed by atoms with Gasteiger partial charge in [0, 0.05) is 51.7 Å². The van der Waals surface area contributed by atoms with E-state index in [4.69, 9.17) is 4.74 Å². The highest BCUT2D eigenvalue weighted by Crippen LogP contribution is 2.17. The molecule has 1 aliphatic heterocycles. The number of hydrogen-bond donors (Lipinski definition) is 2. The van der Waals surface area contributed by atoms with Gasteiger partial charge in [0.15, 0.2) is 5.82 Å². The summed E-state index contributed by atoms with van der Waals surface area (Å²) < 4.78 is 6.83. The van der Waals surface area contributed by atoms with Crippen LogP contribution in [-0.4, -0.2) is 60.1 Å². The highest BCUT2D eigenvalue weighted by Gasteiger charge is 2.21. The molecule has 2 amide bonds. The number of aryl methyl sites for hydroxylation is 1. The summed E-state index contributed by atoms with van der Waals surface area (Å²) in [6.45, 7) is 8.84. The lowest BCUT2D eigenvalue weighted by Gasteiger charge is -2.35. The van der Waals surface area contributed by atoms with E-state index in [-0.39, 0.29) is 6.03 Å². The molecule has 1 fully saturated rings. The minimum Gasteiger partial charge on any atom is -0.385 e. The van der Waals surface area contributed by atoms with Crippen LogP contribution in [0.5, 0.6) is 0 Å². The van der Waals surface area contributed by atoms with Crippen molar-refractivity contribution in [3.8, 4) is 0 Å². The number of anilines is 1. The van der Waals surface area contributed by atoms with Crippen molar-refractivity contribution in [3.05, 3.63) is 12.3 Å². The number of nitrogens with one attached hydrogen (secondary N) is 2. The minimum atomic E-state index is -0.200. The molecule has 1 aliphatic rings. The maximum atomic E-state index is 12.0. The van der Waals surface area contributed by atoms with Crippen molar-refractivity contribution in [3.63, 3.8) is 0 Å². The molecule has 1 aromatic rings. The normalized spacial score (nSPS) is 19.9. The number of piperidine rings is 1. The van der Waals surface area contributed by atoms with Crippen molar-refractivity contribution < 1.29 is 9.53 Å². The molecule has 1 aromatic heterocycles. The topological polar surface area (TPSA) is 71.4 Å². The number of aromatic nitrogens is 2. The van der Waals surface area contributed by atoms with Gasteiger partial charge in [0.25, 0.3) is 0 Å². The molecular weight excluding hydrogens is 306 g/mol. The third kappa shape index (κ3) is 6.13. The van der Waals surface area contributed by atoms with Crippen LogP contribution >= 0.6 is 0 Å². The summed E-state index contributed by atoms with van der Waals surface area (Å²) in [5.74, 6) is 1.32.